The number of methoxy groups -OCH3 is 1. The largest absolute Gasteiger partial charge is 0.468 e. The summed E-state index contributed by atoms with van der Waals surface area (Å²) in [6.45, 7) is 6.13. The summed E-state index contributed by atoms with van der Waals surface area (Å²) in [4.78, 5) is 14.9. The molecule has 0 saturated heterocycles. The van der Waals surface area contributed by atoms with Gasteiger partial charge in [0.15, 0.2) is 0 Å². The van der Waals surface area contributed by atoms with E-state index in [2.05, 4.69) is 24.1 Å². The highest BCUT2D eigenvalue weighted by atomic mass is 16.6. The van der Waals surface area contributed by atoms with Gasteiger partial charge in [-0.15, -0.1) is 0 Å². The smallest absolute Gasteiger partial charge is 0.292 e. The van der Waals surface area contributed by atoms with Crippen LogP contribution in [0.3, 0.4) is 0 Å². The average Bonchev–Trinajstić information content (AvgIpc) is 3.03. The van der Waals surface area contributed by atoms with Gasteiger partial charge in [0.05, 0.1) is 12.5 Å². The van der Waals surface area contributed by atoms with Crippen LogP contribution >= 0.6 is 0 Å². The first-order chi connectivity index (χ1) is 12.2. The van der Waals surface area contributed by atoms with Crippen LogP contribution in [0, 0.1) is 0 Å². The minimum absolute atomic E-state index is 0.250. The van der Waals surface area contributed by atoms with Crippen molar-refractivity contribution in [1.82, 2.24) is 0 Å². The Hall–Kier alpha value is -2.95. The molecule has 0 aliphatic carbocycles. The van der Waals surface area contributed by atoms with Gasteiger partial charge in [0, 0.05) is 29.9 Å². The van der Waals surface area contributed by atoms with Gasteiger partial charge in [-0.25, -0.2) is 0 Å². The van der Waals surface area contributed by atoms with Crippen LogP contribution in [-0.4, -0.2) is 26.1 Å². The van der Waals surface area contributed by atoms with Crippen molar-refractivity contribution in [2.45, 2.75) is 13.8 Å². The van der Waals surface area contributed by atoms with Crippen LogP contribution in [0.15, 0.2) is 52.9 Å². The van der Waals surface area contributed by atoms with E-state index in [-0.39, 0.29) is 11.7 Å². The molecule has 2 aromatic carbocycles. The lowest BCUT2D eigenvalue weighted by Crippen LogP contribution is -2.21. The topological polar surface area (TPSA) is 54.7 Å². The monoisotopic (exact) mass is 338 g/mol. The fourth-order valence-corrected chi connectivity index (χ4v) is 2.91. The van der Waals surface area contributed by atoms with Crippen LogP contribution in [-0.2, 0) is 0 Å². The SMILES string of the molecule is CCN(CC)c1ccc(NC(=O)c2oc(OC)c3ccccc23)cc1. The molecular weight excluding hydrogens is 316 g/mol. The number of furan rings is 1. The first kappa shape index (κ1) is 16.9. The van der Waals surface area contributed by atoms with Gasteiger partial charge in [0.25, 0.3) is 11.9 Å². The van der Waals surface area contributed by atoms with Crippen LogP contribution in [0.5, 0.6) is 5.95 Å². The Kier molecular flexibility index (Phi) is 4.93. The van der Waals surface area contributed by atoms with Crippen LogP contribution in [0.4, 0.5) is 11.4 Å². The van der Waals surface area contributed by atoms with E-state index in [0.29, 0.717) is 5.95 Å². The van der Waals surface area contributed by atoms with E-state index in [1.54, 1.807) is 0 Å². The molecule has 0 fully saturated rings. The predicted molar refractivity (Wildman–Crippen MR) is 101 cm³/mol. The third-order valence-electron chi connectivity index (χ3n) is 4.23. The number of fused-ring (bicyclic) bond motifs is 1. The van der Waals surface area contributed by atoms with Crippen LogP contribution in [0.25, 0.3) is 10.8 Å². The van der Waals surface area contributed by atoms with Crippen molar-refractivity contribution in [2.24, 2.45) is 0 Å². The molecule has 1 N–H and O–H groups in total. The van der Waals surface area contributed by atoms with Crippen molar-refractivity contribution in [3.8, 4) is 5.95 Å². The molecule has 0 aliphatic rings. The first-order valence-corrected chi connectivity index (χ1v) is 8.39. The van der Waals surface area contributed by atoms with Crippen molar-refractivity contribution in [2.75, 3.05) is 30.4 Å². The Morgan fingerprint density at radius 3 is 2.28 bits per heavy atom. The second kappa shape index (κ2) is 7.30. The van der Waals surface area contributed by atoms with E-state index in [9.17, 15) is 4.79 Å². The Morgan fingerprint density at radius 2 is 1.68 bits per heavy atom. The summed E-state index contributed by atoms with van der Waals surface area (Å²) in [5.74, 6) is 0.299. The second-order valence-electron chi connectivity index (χ2n) is 5.64. The molecule has 1 amide bonds. The summed E-state index contributed by atoms with van der Waals surface area (Å²) in [7, 11) is 1.53. The number of rotatable bonds is 6. The van der Waals surface area contributed by atoms with Crippen LogP contribution in [0.1, 0.15) is 24.4 Å². The number of nitrogens with zero attached hydrogens (tertiary/aromatic N) is 1. The average molecular weight is 338 g/mol. The number of amides is 1. The molecule has 25 heavy (non-hydrogen) atoms. The van der Waals surface area contributed by atoms with Gasteiger partial charge in [-0.05, 0) is 44.2 Å². The van der Waals surface area contributed by atoms with Crippen molar-refractivity contribution >= 4 is 28.1 Å². The highest BCUT2D eigenvalue weighted by molar-refractivity contribution is 6.12. The summed E-state index contributed by atoms with van der Waals surface area (Å²) in [6.07, 6.45) is 0. The third kappa shape index (κ3) is 3.31. The van der Waals surface area contributed by atoms with Crippen molar-refractivity contribution in [1.29, 1.82) is 0 Å². The Morgan fingerprint density at radius 1 is 1.04 bits per heavy atom. The summed E-state index contributed by atoms with van der Waals surface area (Å²) in [6, 6.07) is 15.3. The standard InChI is InChI=1S/C20H22N2O3/c1-4-22(5-2)15-12-10-14(11-13-15)21-19(23)18-16-8-6-7-9-17(16)20(24-3)25-18/h6-13H,4-5H2,1-3H3,(H,21,23). The number of hydrogen-bond donors (Lipinski definition) is 1. The Bertz CT molecular complexity index is 864. The molecule has 0 atom stereocenters. The third-order valence-corrected chi connectivity index (χ3v) is 4.23. The van der Waals surface area contributed by atoms with Gasteiger partial charge < -0.3 is 19.4 Å². The molecule has 3 aromatic rings. The number of ether oxygens (including phenoxy) is 1. The van der Waals surface area contributed by atoms with Crippen LogP contribution in [0.2, 0.25) is 0 Å². The molecule has 0 unspecified atom stereocenters. The zero-order valence-corrected chi connectivity index (χ0v) is 14.7. The lowest BCUT2D eigenvalue weighted by atomic mass is 10.1. The normalized spacial score (nSPS) is 10.7. The number of benzene rings is 2. The van der Waals surface area contributed by atoms with Gasteiger partial charge in [-0.1, -0.05) is 18.2 Å². The van der Waals surface area contributed by atoms with Gasteiger partial charge in [0.2, 0.25) is 5.76 Å². The molecule has 0 aliphatic heterocycles. The number of anilines is 2. The predicted octanol–water partition coefficient (Wildman–Crippen LogP) is 4.54. The van der Waals surface area contributed by atoms with Crippen molar-refractivity contribution in [3.63, 3.8) is 0 Å². The Balaban J connectivity index is 1.83. The molecule has 1 heterocycles. The first-order valence-electron chi connectivity index (χ1n) is 8.39. The quantitative estimate of drug-likeness (QED) is 0.717. The fourth-order valence-electron chi connectivity index (χ4n) is 2.91. The highest BCUT2D eigenvalue weighted by Gasteiger charge is 2.19. The van der Waals surface area contributed by atoms with Gasteiger partial charge >= 0.3 is 0 Å². The van der Waals surface area contributed by atoms with E-state index < -0.39 is 0 Å². The lowest BCUT2D eigenvalue weighted by molar-refractivity contribution is 0.0992. The minimum atomic E-state index is -0.296. The molecule has 5 nitrogen and oxygen atoms in total. The zero-order valence-electron chi connectivity index (χ0n) is 14.7. The lowest BCUT2D eigenvalue weighted by Gasteiger charge is -2.21. The van der Waals surface area contributed by atoms with E-state index in [4.69, 9.17) is 9.15 Å². The second-order valence-corrected chi connectivity index (χ2v) is 5.64. The molecule has 3 rings (SSSR count). The number of hydrogen-bond acceptors (Lipinski definition) is 4. The van der Waals surface area contributed by atoms with E-state index >= 15 is 0 Å². The van der Waals surface area contributed by atoms with Gasteiger partial charge in [-0.3, -0.25) is 4.79 Å². The molecular formula is C20H22N2O3. The number of nitrogens with one attached hydrogen (secondary N) is 1. The summed E-state index contributed by atoms with van der Waals surface area (Å²) in [5, 5.41) is 4.40. The van der Waals surface area contributed by atoms with Crippen molar-refractivity contribution < 1.29 is 13.9 Å². The zero-order chi connectivity index (χ0) is 17.8. The van der Waals surface area contributed by atoms with E-state index in [1.165, 1.54) is 7.11 Å². The maximum absolute atomic E-state index is 12.6. The molecule has 5 heteroatoms. The van der Waals surface area contributed by atoms with E-state index in [0.717, 1.165) is 35.2 Å². The summed E-state index contributed by atoms with van der Waals surface area (Å²) in [5.41, 5.74) is 1.86. The summed E-state index contributed by atoms with van der Waals surface area (Å²) < 4.78 is 10.8. The molecule has 1 aromatic heterocycles. The maximum atomic E-state index is 12.6. The number of carbonyl (C=O) groups excluding carboxylic acids is 1. The van der Waals surface area contributed by atoms with Gasteiger partial charge in [0.1, 0.15) is 0 Å². The summed E-state index contributed by atoms with van der Waals surface area (Å²) >= 11 is 0. The minimum Gasteiger partial charge on any atom is -0.468 e. The van der Waals surface area contributed by atoms with Crippen molar-refractivity contribution in [3.05, 3.63) is 54.3 Å². The fraction of sp³-hybridized carbons (Fsp3) is 0.250. The molecule has 0 saturated carbocycles. The van der Waals surface area contributed by atoms with Crippen LogP contribution < -0.4 is 15.0 Å². The molecule has 0 bridgehead atoms. The molecule has 130 valence electrons. The van der Waals surface area contributed by atoms with E-state index in [1.807, 2.05) is 48.5 Å². The Labute approximate surface area is 147 Å². The van der Waals surface area contributed by atoms with Gasteiger partial charge in [-0.2, -0.15) is 0 Å². The maximum Gasteiger partial charge on any atom is 0.292 e. The molecule has 0 radical (unpaired) electrons. The molecule has 0 spiro atoms. The number of carbonyl (C=O) groups is 1. The highest BCUT2D eigenvalue weighted by Crippen LogP contribution is 2.32.